The third-order valence-electron chi connectivity index (χ3n) is 5.15. The molecule has 0 aliphatic carbocycles. The molecule has 1 amide bonds. The summed E-state index contributed by atoms with van der Waals surface area (Å²) >= 11 is 12.0. The van der Waals surface area contributed by atoms with Crippen molar-refractivity contribution < 1.29 is 15.0 Å². The summed E-state index contributed by atoms with van der Waals surface area (Å²) in [6, 6.07) is 14.6. The Morgan fingerprint density at radius 3 is 2.57 bits per heavy atom. The van der Waals surface area contributed by atoms with Gasteiger partial charge in [-0.15, -0.1) is 0 Å². The van der Waals surface area contributed by atoms with Crippen LogP contribution in [0.1, 0.15) is 17.5 Å². The van der Waals surface area contributed by atoms with Gasteiger partial charge in [0.05, 0.1) is 6.42 Å². The van der Waals surface area contributed by atoms with E-state index in [0.717, 1.165) is 11.1 Å². The number of amides is 1. The molecule has 2 aromatic rings. The van der Waals surface area contributed by atoms with Gasteiger partial charge in [-0.1, -0.05) is 53.5 Å². The molecule has 0 spiro atoms. The summed E-state index contributed by atoms with van der Waals surface area (Å²) in [5.41, 5.74) is 0.516. The number of aliphatic hydroxyl groups is 2. The number of likely N-dealkylation sites (tertiary alicyclic amines) is 1. The molecule has 0 bridgehead atoms. The number of carbonyl (C=O) groups excluding carboxylic acids is 1. The third kappa shape index (κ3) is 5.25. The molecule has 28 heavy (non-hydrogen) atoms. The molecule has 1 aliphatic heterocycles. The van der Waals surface area contributed by atoms with Crippen molar-refractivity contribution >= 4 is 29.1 Å². The van der Waals surface area contributed by atoms with E-state index in [-0.39, 0.29) is 25.4 Å². The molecule has 0 unspecified atom stereocenters. The summed E-state index contributed by atoms with van der Waals surface area (Å²) in [4.78, 5) is 14.1. The van der Waals surface area contributed by atoms with Crippen molar-refractivity contribution in [1.82, 2.24) is 10.2 Å². The monoisotopic (exact) mass is 422 g/mol. The fraction of sp³-hybridized carbons (Fsp3) is 0.381. The molecule has 0 radical (unpaired) electrons. The van der Waals surface area contributed by atoms with Crippen LogP contribution < -0.4 is 5.32 Å². The Hall–Kier alpha value is -1.63. The topological polar surface area (TPSA) is 72.8 Å². The number of halogens is 2. The van der Waals surface area contributed by atoms with Gasteiger partial charge in [0, 0.05) is 36.2 Å². The van der Waals surface area contributed by atoms with E-state index >= 15 is 0 Å². The van der Waals surface area contributed by atoms with Crippen LogP contribution >= 0.6 is 23.2 Å². The van der Waals surface area contributed by atoms with Gasteiger partial charge in [-0.3, -0.25) is 4.79 Å². The second-order valence-electron chi connectivity index (χ2n) is 7.21. The van der Waals surface area contributed by atoms with E-state index in [1.807, 2.05) is 36.4 Å². The minimum atomic E-state index is -1.28. The predicted octanol–water partition coefficient (Wildman–Crippen LogP) is 2.65. The summed E-state index contributed by atoms with van der Waals surface area (Å²) in [5, 5.41) is 25.7. The lowest BCUT2D eigenvalue weighted by atomic mass is 9.88. The van der Waals surface area contributed by atoms with Crippen LogP contribution in [0.25, 0.3) is 0 Å². The fourth-order valence-electron chi connectivity index (χ4n) is 3.34. The number of hydrogen-bond donors (Lipinski definition) is 3. The van der Waals surface area contributed by atoms with Crippen molar-refractivity contribution in [1.29, 1.82) is 0 Å². The molecule has 150 valence electrons. The van der Waals surface area contributed by atoms with Crippen LogP contribution in [0.15, 0.2) is 48.5 Å². The van der Waals surface area contributed by atoms with E-state index in [0.29, 0.717) is 29.6 Å². The van der Waals surface area contributed by atoms with Crippen LogP contribution in [-0.4, -0.2) is 52.4 Å². The minimum Gasteiger partial charge on any atom is -0.388 e. The largest absolute Gasteiger partial charge is 0.388 e. The lowest BCUT2D eigenvalue weighted by Crippen LogP contribution is -2.60. The van der Waals surface area contributed by atoms with Crippen molar-refractivity contribution in [3.8, 4) is 0 Å². The quantitative estimate of drug-likeness (QED) is 0.668. The SMILES string of the molecule is O=C(Cc1ccc(Cl)cc1)N1CC[C@](O)(CNCc2ccccc2Cl)[C@@H](O)C1. The summed E-state index contributed by atoms with van der Waals surface area (Å²) in [7, 11) is 0. The molecule has 2 aromatic carbocycles. The molecule has 1 saturated heterocycles. The lowest BCUT2D eigenvalue weighted by Gasteiger charge is -2.42. The van der Waals surface area contributed by atoms with Gasteiger partial charge < -0.3 is 20.4 Å². The average molecular weight is 423 g/mol. The maximum absolute atomic E-state index is 12.5. The molecule has 2 atom stereocenters. The van der Waals surface area contributed by atoms with Crippen molar-refractivity contribution in [3.05, 3.63) is 69.7 Å². The van der Waals surface area contributed by atoms with Crippen LogP contribution in [0.4, 0.5) is 0 Å². The summed E-state index contributed by atoms with van der Waals surface area (Å²) in [5.74, 6) is -0.0764. The molecule has 1 fully saturated rings. The Bertz CT molecular complexity index is 816. The second-order valence-corrected chi connectivity index (χ2v) is 8.05. The van der Waals surface area contributed by atoms with E-state index in [2.05, 4.69) is 5.32 Å². The Morgan fingerprint density at radius 1 is 1.18 bits per heavy atom. The van der Waals surface area contributed by atoms with Crippen molar-refractivity contribution in [3.63, 3.8) is 0 Å². The summed E-state index contributed by atoms with van der Waals surface area (Å²) in [6.45, 7) is 1.22. The first-order chi connectivity index (χ1) is 13.4. The Balaban J connectivity index is 1.51. The van der Waals surface area contributed by atoms with Gasteiger partial charge in [-0.2, -0.15) is 0 Å². The summed E-state index contributed by atoms with van der Waals surface area (Å²) in [6.07, 6.45) is -0.475. The highest BCUT2D eigenvalue weighted by molar-refractivity contribution is 6.31. The van der Waals surface area contributed by atoms with Crippen LogP contribution in [0, 0.1) is 0 Å². The molecule has 5 nitrogen and oxygen atoms in total. The van der Waals surface area contributed by atoms with Gasteiger partial charge in [-0.25, -0.2) is 0 Å². The van der Waals surface area contributed by atoms with Crippen LogP contribution in [0.5, 0.6) is 0 Å². The molecule has 3 N–H and O–H groups in total. The number of aliphatic hydroxyl groups excluding tert-OH is 1. The zero-order chi connectivity index (χ0) is 20.1. The second kappa shape index (κ2) is 9.25. The number of nitrogens with zero attached hydrogens (tertiary/aromatic N) is 1. The van der Waals surface area contributed by atoms with E-state index < -0.39 is 11.7 Å². The molecular formula is C21H24Cl2N2O3. The molecule has 3 rings (SSSR count). The highest BCUT2D eigenvalue weighted by Gasteiger charge is 2.41. The molecular weight excluding hydrogens is 399 g/mol. The summed E-state index contributed by atoms with van der Waals surface area (Å²) < 4.78 is 0. The number of rotatable bonds is 6. The highest BCUT2D eigenvalue weighted by Crippen LogP contribution is 2.24. The molecule has 7 heteroatoms. The number of nitrogens with one attached hydrogen (secondary N) is 1. The molecule has 1 aliphatic rings. The first-order valence-corrected chi connectivity index (χ1v) is 10.00. The van der Waals surface area contributed by atoms with E-state index in [9.17, 15) is 15.0 Å². The number of hydrogen-bond acceptors (Lipinski definition) is 4. The van der Waals surface area contributed by atoms with Gasteiger partial charge in [0.25, 0.3) is 0 Å². The van der Waals surface area contributed by atoms with Crippen LogP contribution in [0.2, 0.25) is 10.0 Å². The smallest absolute Gasteiger partial charge is 0.227 e. The van der Waals surface area contributed by atoms with Crippen LogP contribution in [-0.2, 0) is 17.8 Å². The number of β-amino-alcohol motifs (C(OH)–C–C–N with tert-alkyl or cyclic N) is 1. The lowest BCUT2D eigenvalue weighted by molar-refractivity contribution is -0.148. The fourth-order valence-corrected chi connectivity index (χ4v) is 3.67. The third-order valence-corrected chi connectivity index (χ3v) is 5.77. The minimum absolute atomic E-state index is 0.0764. The number of piperidine rings is 1. The Labute approximate surface area is 174 Å². The predicted molar refractivity (Wildman–Crippen MR) is 110 cm³/mol. The van der Waals surface area contributed by atoms with Gasteiger partial charge in [0.1, 0.15) is 11.7 Å². The van der Waals surface area contributed by atoms with Crippen molar-refractivity contribution in [2.75, 3.05) is 19.6 Å². The Kier molecular flexibility index (Phi) is 6.96. The zero-order valence-corrected chi connectivity index (χ0v) is 17.0. The van der Waals surface area contributed by atoms with Crippen molar-refractivity contribution in [2.24, 2.45) is 0 Å². The number of benzene rings is 2. The van der Waals surface area contributed by atoms with Gasteiger partial charge in [0.15, 0.2) is 0 Å². The van der Waals surface area contributed by atoms with Gasteiger partial charge in [0.2, 0.25) is 5.91 Å². The van der Waals surface area contributed by atoms with Gasteiger partial charge in [-0.05, 0) is 35.7 Å². The van der Waals surface area contributed by atoms with Crippen molar-refractivity contribution in [2.45, 2.75) is 31.1 Å². The standard InChI is InChI=1S/C21H24Cl2N2O3/c22-17-7-5-15(6-8-17)11-20(27)25-10-9-21(28,19(26)13-25)14-24-12-16-3-1-2-4-18(16)23/h1-8,19,24,26,28H,9-14H2/t19-,21-/m0/s1. The maximum Gasteiger partial charge on any atom is 0.227 e. The average Bonchev–Trinajstić information content (AvgIpc) is 2.67. The molecule has 0 aromatic heterocycles. The molecule has 1 heterocycles. The number of carbonyl (C=O) groups is 1. The first kappa shape index (κ1) is 21.1. The van der Waals surface area contributed by atoms with Crippen LogP contribution in [0.3, 0.4) is 0 Å². The maximum atomic E-state index is 12.5. The van der Waals surface area contributed by atoms with E-state index in [4.69, 9.17) is 23.2 Å². The molecule has 0 saturated carbocycles. The van der Waals surface area contributed by atoms with E-state index in [1.54, 1.807) is 17.0 Å². The van der Waals surface area contributed by atoms with Gasteiger partial charge >= 0.3 is 0 Å². The highest BCUT2D eigenvalue weighted by atomic mass is 35.5. The normalized spacial score (nSPS) is 22.3. The van der Waals surface area contributed by atoms with E-state index in [1.165, 1.54) is 0 Å². The zero-order valence-electron chi connectivity index (χ0n) is 15.4. The first-order valence-electron chi connectivity index (χ1n) is 9.24. The Morgan fingerprint density at radius 2 is 1.89 bits per heavy atom.